The van der Waals surface area contributed by atoms with Gasteiger partial charge in [0.2, 0.25) is 35.4 Å². The largest absolute Gasteiger partial charge is 0.361 e. The van der Waals surface area contributed by atoms with Crippen LogP contribution in [0.15, 0.2) is 60.8 Å². The van der Waals surface area contributed by atoms with Crippen molar-refractivity contribution in [2.24, 2.45) is 29.6 Å². The number of hydrogen-bond acceptors (Lipinski definition) is 8. The summed E-state index contributed by atoms with van der Waals surface area (Å²) in [4.78, 5) is 89.3. The summed E-state index contributed by atoms with van der Waals surface area (Å²) in [6.45, 7) is 18.8. The minimum Gasteiger partial charge on any atom is -0.361 e. The molecule has 2 fully saturated rings. The van der Waals surface area contributed by atoms with Gasteiger partial charge in [-0.05, 0) is 59.6 Å². The number of carbonyl (C=O) groups is 6. The third-order valence-corrected chi connectivity index (χ3v) is 13.3. The van der Waals surface area contributed by atoms with Crippen LogP contribution in [0.2, 0.25) is 0 Å². The zero-order valence-corrected chi connectivity index (χ0v) is 38.7. The van der Waals surface area contributed by atoms with E-state index in [2.05, 4.69) is 42.2 Å². The Kier molecular flexibility index (Phi) is 16.7. The van der Waals surface area contributed by atoms with E-state index < -0.39 is 71.3 Å². The van der Waals surface area contributed by atoms with E-state index in [1.807, 2.05) is 110 Å². The highest BCUT2D eigenvalue weighted by atomic mass is 32.2. The molecule has 0 saturated carbocycles. The normalized spacial score (nSPS) is 27.5. The van der Waals surface area contributed by atoms with Gasteiger partial charge in [-0.1, -0.05) is 118 Å². The van der Waals surface area contributed by atoms with Crippen molar-refractivity contribution in [2.45, 2.75) is 141 Å². The average Bonchev–Trinajstić information content (AvgIpc) is 3.82. The van der Waals surface area contributed by atoms with Crippen LogP contribution in [0, 0.1) is 29.6 Å². The lowest BCUT2D eigenvalue weighted by Crippen LogP contribution is -2.61. The first kappa shape index (κ1) is 48.1. The van der Waals surface area contributed by atoms with Crippen LogP contribution < -0.4 is 37.2 Å². The number of fused-ring (bicyclic) bond motifs is 3. The SMILES string of the molecule is CC(C)C[C@H]1NC(=O)[C@H](Cc2c[nH]c3ccccc23)NC(=O)[C@@H](C(C)C)NC(=O)[C@H]2NC(SC2Cc2ccccc2)[C@H](C(C)C)NC(=O)[C@@H](C(C)C)NC(=O)[C@H](C(C)C)NC1=O. The predicted octanol–water partition coefficient (Wildman–Crippen LogP) is 3.95. The molecule has 2 bridgehead atoms. The number of rotatable bonds is 10. The maximum Gasteiger partial charge on any atom is 0.243 e. The number of amides is 6. The molecule has 2 saturated heterocycles. The molecular formula is C47H68N8O6S. The van der Waals surface area contributed by atoms with E-state index in [4.69, 9.17) is 0 Å². The first-order valence-corrected chi connectivity index (χ1v) is 23.1. The second kappa shape index (κ2) is 21.5. The van der Waals surface area contributed by atoms with Gasteiger partial charge in [0.25, 0.3) is 0 Å². The molecule has 8 N–H and O–H groups in total. The number of aromatic nitrogens is 1. The van der Waals surface area contributed by atoms with Gasteiger partial charge < -0.3 is 36.9 Å². The molecule has 2 unspecified atom stereocenters. The Morgan fingerprint density at radius 2 is 1.05 bits per heavy atom. The smallest absolute Gasteiger partial charge is 0.243 e. The second-order valence-corrected chi connectivity index (χ2v) is 20.1. The summed E-state index contributed by atoms with van der Waals surface area (Å²) in [6, 6.07) is 11.1. The quantitative estimate of drug-likeness (QED) is 0.150. The third kappa shape index (κ3) is 12.2. The maximum atomic E-state index is 14.6. The van der Waals surface area contributed by atoms with Gasteiger partial charge in [0, 0.05) is 28.8 Å². The van der Waals surface area contributed by atoms with Gasteiger partial charge in [0.15, 0.2) is 0 Å². The monoisotopic (exact) mass is 872 g/mol. The first-order valence-electron chi connectivity index (χ1n) is 22.2. The second-order valence-electron chi connectivity index (χ2n) is 18.7. The summed E-state index contributed by atoms with van der Waals surface area (Å²) in [7, 11) is 0. The number of para-hydroxylation sites is 1. The van der Waals surface area contributed by atoms with Crippen LogP contribution >= 0.6 is 11.8 Å². The highest BCUT2D eigenvalue weighted by Crippen LogP contribution is 2.34. The highest BCUT2D eigenvalue weighted by Gasteiger charge is 2.45. The standard InChI is InChI=1S/C47H68N8O6S/c1-24(2)20-33-42(57)51-37(26(5)6)44(59)52-38(27(7)8)45(60)54-39(28(9)10)47-55-40(35(62-47)21-29-16-12-11-13-17-29)46(61)53-36(25(3)4)43(58)50-34(41(56)49-33)22-30-23-48-32-19-15-14-18-31(30)32/h11-19,23-28,33-40,47-48,55H,20-22H2,1-10H3,(H,49,56)(H,50,58)(H,51,57)(H,52,59)(H,53,61)(H,54,60)/t33-,34+,35?,36-,37+,38-,39+,40+,47?/m1/s1. The van der Waals surface area contributed by atoms with E-state index in [0.29, 0.717) is 6.42 Å². The molecule has 15 heteroatoms. The van der Waals surface area contributed by atoms with Crippen LogP contribution in [0.1, 0.15) is 86.8 Å². The lowest BCUT2D eigenvalue weighted by molar-refractivity contribution is -0.136. The van der Waals surface area contributed by atoms with Crippen LogP contribution in [-0.4, -0.2) is 93.3 Å². The number of benzene rings is 2. The minimum absolute atomic E-state index is 0.0372. The van der Waals surface area contributed by atoms with Crippen LogP contribution in [-0.2, 0) is 41.6 Å². The molecule has 338 valence electrons. The van der Waals surface area contributed by atoms with Crippen molar-refractivity contribution < 1.29 is 28.8 Å². The van der Waals surface area contributed by atoms with Crippen LogP contribution in [0.3, 0.4) is 0 Å². The summed E-state index contributed by atoms with van der Waals surface area (Å²) in [6.07, 6.45) is 2.68. The van der Waals surface area contributed by atoms with Crippen molar-refractivity contribution in [3.63, 3.8) is 0 Å². The van der Waals surface area contributed by atoms with Gasteiger partial charge in [0.1, 0.15) is 30.2 Å². The Labute approximate surface area is 370 Å². The van der Waals surface area contributed by atoms with Crippen molar-refractivity contribution >= 4 is 58.1 Å². The zero-order chi connectivity index (χ0) is 45.4. The Morgan fingerprint density at radius 1 is 0.532 bits per heavy atom. The molecule has 1 aromatic heterocycles. The van der Waals surface area contributed by atoms with Gasteiger partial charge >= 0.3 is 0 Å². The highest BCUT2D eigenvalue weighted by molar-refractivity contribution is 8.00. The maximum absolute atomic E-state index is 14.6. The number of H-pyrrole nitrogens is 1. The summed E-state index contributed by atoms with van der Waals surface area (Å²) >= 11 is 1.57. The Balaban J connectivity index is 1.58. The van der Waals surface area contributed by atoms with E-state index in [0.717, 1.165) is 22.0 Å². The molecule has 3 heterocycles. The fourth-order valence-electron chi connectivity index (χ4n) is 8.19. The van der Waals surface area contributed by atoms with E-state index in [9.17, 15) is 28.8 Å². The lowest BCUT2D eigenvalue weighted by Gasteiger charge is -2.32. The molecular weight excluding hydrogens is 805 g/mol. The Hall–Kier alpha value is -4.89. The molecule has 0 aliphatic carbocycles. The fourth-order valence-corrected chi connectivity index (χ4v) is 9.99. The molecule has 62 heavy (non-hydrogen) atoms. The number of carbonyl (C=O) groups excluding carboxylic acids is 6. The number of nitrogens with one attached hydrogen (secondary N) is 8. The summed E-state index contributed by atoms with van der Waals surface area (Å²) in [5.41, 5.74) is 2.68. The van der Waals surface area contributed by atoms with Gasteiger partial charge in [-0.3, -0.25) is 34.1 Å². The molecule has 0 spiro atoms. The fraction of sp³-hybridized carbons (Fsp3) is 0.574. The molecule has 0 radical (unpaired) electrons. The average molecular weight is 873 g/mol. The Morgan fingerprint density at radius 3 is 1.65 bits per heavy atom. The van der Waals surface area contributed by atoms with Crippen molar-refractivity contribution in [2.75, 3.05) is 0 Å². The van der Waals surface area contributed by atoms with Crippen molar-refractivity contribution in [1.29, 1.82) is 0 Å². The predicted molar refractivity (Wildman–Crippen MR) is 245 cm³/mol. The first-order chi connectivity index (χ1) is 29.3. The summed E-state index contributed by atoms with van der Waals surface area (Å²) in [5.74, 6) is -4.18. The molecule has 2 aromatic carbocycles. The summed E-state index contributed by atoms with van der Waals surface area (Å²) < 4.78 is 0. The topological polar surface area (TPSA) is 202 Å². The number of aromatic amines is 1. The van der Waals surface area contributed by atoms with Crippen LogP contribution in [0.25, 0.3) is 10.9 Å². The Bertz CT molecular complexity index is 2040. The van der Waals surface area contributed by atoms with Crippen molar-refractivity contribution in [1.82, 2.24) is 42.2 Å². The van der Waals surface area contributed by atoms with Crippen molar-refractivity contribution in [3.05, 3.63) is 71.9 Å². The van der Waals surface area contributed by atoms with E-state index in [-0.39, 0.29) is 59.5 Å². The molecule has 6 amide bonds. The molecule has 2 aliphatic rings. The molecule has 14 nitrogen and oxygen atoms in total. The van der Waals surface area contributed by atoms with Gasteiger partial charge in [-0.25, -0.2) is 0 Å². The molecule has 3 aromatic rings. The van der Waals surface area contributed by atoms with E-state index in [1.165, 1.54) is 0 Å². The zero-order valence-electron chi connectivity index (χ0n) is 37.8. The van der Waals surface area contributed by atoms with Gasteiger partial charge in [0.05, 0.1) is 17.5 Å². The number of hydrogen-bond donors (Lipinski definition) is 8. The number of thioether (sulfide) groups is 1. The van der Waals surface area contributed by atoms with Gasteiger partial charge in [-0.2, -0.15) is 0 Å². The molecule has 9 atom stereocenters. The van der Waals surface area contributed by atoms with Crippen LogP contribution in [0.5, 0.6) is 0 Å². The van der Waals surface area contributed by atoms with Crippen molar-refractivity contribution in [3.8, 4) is 0 Å². The molecule has 2 aliphatic heterocycles. The lowest BCUT2D eigenvalue weighted by atomic mass is 9.97. The van der Waals surface area contributed by atoms with E-state index in [1.54, 1.807) is 31.8 Å². The summed E-state index contributed by atoms with van der Waals surface area (Å²) in [5, 5.41) is 21.7. The van der Waals surface area contributed by atoms with E-state index >= 15 is 0 Å². The van der Waals surface area contributed by atoms with Crippen LogP contribution in [0.4, 0.5) is 0 Å². The molecule has 5 rings (SSSR count). The minimum atomic E-state index is -1.15. The third-order valence-electron chi connectivity index (χ3n) is 11.8. The van der Waals surface area contributed by atoms with Gasteiger partial charge in [-0.15, -0.1) is 11.8 Å².